The summed E-state index contributed by atoms with van der Waals surface area (Å²) in [7, 11) is 0. The van der Waals surface area contributed by atoms with Crippen LogP contribution in [0.1, 0.15) is 0 Å². The largest absolute Gasteiger partial charge is 0.318 e. The molecule has 0 atom stereocenters. The first-order chi connectivity index (χ1) is 8.22. The number of hydrazine groups is 1. The fourth-order valence-electron chi connectivity index (χ4n) is 1.21. The number of nitrogen functional groups attached to an aromatic ring is 1. The number of nitro benzene ring substituents is 1. The van der Waals surface area contributed by atoms with Gasteiger partial charge in [-0.15, -0.1) is 0 Å². The van der Waals surface area contributed by atoms with Crippen molar-refractivity contribution in [2.45, 2.75) is 9.24 Å². The lowest BCUT2D eigenvalue weighted by atomic mass is 10.3. The van der Waals surface area contributed by atoms with E-state index in [1.165, 1.54) is 29.6 Å². The summed E-state index contributed by atoms with van der Waals surface area (Å²) in [5.74, 6) is 5.24. The van der Waals surface area contributed by atoms with Gasteiger partial charge in [-0.25, -0.2) is 4.98 Å². The van der Waals surface area contributed by atoms with Crippen LogP contribution in [0.15, 0.2) is 33.8 Å². The molecule has 0 bridgehead atoms. The highest BCUT2D eigenvalue weighted by atomic mass is 32.2. The molecule has 0 saturated carbocycles. The topological polar surface area (TPSA) is 107 Å². The Hall–Kier alpha value is -1.71. The highest BCUT2D eigenvalue weighted by Gasteiger charge is 2.20. The van der Waals surface area contributed by atoms with Crippen molar-refractivity contribution in [2.75, 3.05) is 5.43 Å². The van der Waals surface area contributed by atoms with E-state index in [1.807, 2.05) is 0 Å². The minimum Gasteiger partial charge on any atom is -0.318 e. The lowest BCUT2D eigenvalue weighted by molar-refractivity contribution is -0.386. The molecule has 0 spiro atoms. The molecule has 9 heteroatoms. The molecule has 1 heterocycles. The van der Waals surface area contributed by atoms with Crippen LogP contribution in [0.3, 0.4) is 0 Å². The van der Waals surface area contributed by atoms with Crippen LogP contribution in [0.4, 0.5) is 11.4 Å². The van der Waals surface area contributed by atoms with Gasteiger partial charge in [-0.05, 0) is 23.7 Å². The van der Waals surface area contributed by atoms with Crippen molar-refractivity contribution in [2.24, 2.45) is 5.84 Å². The number of para-hydroxylation sites is 1. The number of rotatable bonds is 4. The Balaban J connectivity index is 2.42. The van der Waals surface area contributed by atoms with Crippen molar-refractivity contribution in [3.63, 3.8) is 0 Å². The third-order valence-corrected chi connectivity index (χ3v) is 3.64. The molecular formula is C8H7N5O2S2. The van der Waals surface area contributed by atoms with Crippen LogP contribution in [0.2, 0.25) is 0 Å². The first kappa shape index (κ1) is 11.8. The van der Waals surface area contributed by atoms with E-state index < -0.39 is 4.92 Å². The second kappa shape index (κ2) is 5.08. The van der Waals surface area contributed by atoms with E-state index in [9.17, 15) is 10.1 Å². The van der Waals surface area contributed by atoms with Crippen molar-refractivity contribution in [1.82, 2.24) is 9.36 Å². The normalized spacial score (nSPS) is 10.2. The van der Waals surface area contributed by atoms with Gasteiger partial charge in [-0.3, -0.25) is 16.0 Å². The molecule has 0 saturated heterocycles. The quantitative estimate of drug-likeness (QED) is 0.495. The zero-order valence-electron chi connectivity index (χ0n) is 8.36. The fourth-order valence-corrected chi connectivity index (χ4v) is 2.75. The van der Waals surface area contributed by atoms with Gasteiger partial charge in [0.15, 0.2) is 4.34 Å². The van der Waals surface area contributed by atoms with Crippen LogP contribution < -0.4 is 11.3 Å². The Kier molecular flexibility index (Phi) is 3.52. The van der Waals surface area contributed by atoms with Crippen molar-refractivity contribution in [3.05, 3.63) is 34.6 Å². The monoisotopic (exact) mass is 269 g/mol. The lowest BCUT2D eigenvalue weighted by Gasteiger charge is -2.05. The van der Waals surface area contributed by atoms with E-state index in [1.54, 1.807) is 18.2 Å². The molecule has 0 radical (unpaired) electrons. The third kappa shape index (κ3) is 2.52. The van der Waals surface area contributed by atoms with Gasteiger partial charge in [-0.2, -0.15) is 4.37 Å². The minimum absolute atomic E-state index is 0.0600. The number of hydrogen-bond acceptors (Lipinski definition) is 8. The van der Waals surface area contributed by atoms with Gasteiger partial charge < -0.3 is 5.43 Å². The molecule has 2 rings (SSSR count). The number of nitrogens with one attached hydrogen (secondary N) is 1. The highest BCUT2D eigenvalue weighted by molar-refractivity contribution is 8.01. The number of hydrogen-bond donors (Lipinski definition) is 2. The zero-order chi connectivity index (χ0) is 12.3. The molecule has 0 aliphatic rings. The number of nitrogens with zero attached hydrogens (tertiary/aromatic N) is 3. The summed E-state index contributed by atoms with van der Waals surface area (Å²) in [6.07, 6.45) is 1.41. The molecule has 17 heavy (non-hydrogen) atoms. The van der Waals surface area contributed by atoms with E-state index in [0.29, 0.717) is 9.24 Å². The Bertz CT molecular complexity index is 531. The van der Waals surface area contributed by atoms with Gasteiger partial charge in [0.05, 0.1) is 9.82 Å². The number of benzene rings is 1. The third-order valence-electron chi connectivity index (χ3n) is 1.88. The summed E-state index contributed by atoms with van der Waals surface area (Å²) in [5.41, 5.74) is 2.52. The Labute approximate surface area is 104 Å². The van der Waals surface area contributed by atoms with Gasteiger partial charge in [0.1, 0.15) is 12.0 Å². The first-order valence-electron chi connectivity index (χ1n) is 4.41. The molecule has 2 aromatic rings. The van der Waals surface area contributed by atoms with Crippen LogP contribution in [0, 0.1) is 10.1 Å². The first-order valence-corrected chi connectivity index (χ1v) is 6.00. The summed E-state index contributed by atoms with van der Waals surface area (Å²) in [4.78, 5) is 15.0. The molecule has 1 aromatic heterocycles. The summed E-state index contributed by atoms with van der Waals surface area (Å²) >= 11 is 2.37. The minimum atomic E-state index is -0.474. The van der Waals surface area contributed by atoms with E-state index in [0.717, 1.165) is 0 Å². The van der Waals surface area contributed by atoms with E-state index in [-0.39, 0.29) is 11.4 Å². The van der Waals surface area contributed by atoms with Crippen molar-refractivity contribution >= 4 is 34.7 Å². The second-order valence-electron chi connectivity index (χ2n) is 2.86. The van der Waals surface area contributed by atoms with Crippen LogP contribution >= 0.6 is 23.3 Å². The fraction of sp³-hybridized carbons (Fsp3) is 0. The number of aromatic nitrogens is 2. The van der Waals surface area contributed by atoms with Crippen molar-refractivity contribution < 1.29 is 4.92 Å². The van der Waals surface area contributed by atoms with Crippen LogP contribution in [0.5, 0.6) is 0 Å². The Morgan fingerprint density at radius 3 is 2.94 bits per heavy atom. The summed E-state index contributed by atoms with van der Waals surface area (Å²) in [6, 6.07) is 4.87. The molecule has 1 aromatic carbocycles. The SMILES string of the molecule is NNc1cccc(Sc2ncns2)c1[N+](=O)[O-]. The summed E-state index contributed by atoms with van der Waals surface area (Å²) < 4.78 is 4.48. The number of anilines is 1. The summed E-state index contributed by atoms with van der Waals surface area (Å²) in [6.45, 7) is 0. The molecule has 0 amide bonds. The molecule has 0 aliphatic carbocycles. The van der Waals surface area contributed by atoms with E-state index >= 15 is 0 Å². The van der Waals surface area contributed by atoms with Crippen molar-refractivity contribution in [3.8, 4) is 0 Å². The predicted octanol–water partition coefficient (Wildman–Crippen LogP) is 1.88. The maximum atomic E-state index is 11.0. The second-order valence-corrected chi connectivity index (χ2v) is 4.93. The summed E-state index contributed by atoms with van der Waals surface area (Å²) in [5, 5.41) is 11.0. The molecule has 3 N–H and O–H groups in total. The predicted molar refractivity (Wildman–Crippen MR) is 64.9 cm³/mol. The molecule has 88 valence electrons. The lowest BCUT2D eigenvalue weighted by Crippen LogP contribution is -2.09. The van der Waals surface area contributed by atoms with Crippen LogP contribution in [-0.2, 0) is 0 Å². The van der Waals surface area contributed by atoms with E-state index in [4.69, 9.17) is 5.84 Å². The number of nitro groups is 1. The highest BCUT2D eigenvalue weighted by Crippen LogP contribution is 2.38. The molecular weight excluding hydrogens is 262 g/mol. The zero-order valence-corrected chi connectivity index (χ0v) is 9.99. The Morgan fingerprint density at radius 1 is 1.53 bits per heavy atom. The maximum Gasteiger partial charge on any atom is 0.307 e. The van der Waals surface area contributed by atoms with Gasteiger partial charge in [0.25, 0.3) is 0 Å². The Morgan fingerprint density at radius 2 is 2.35 bits per heavy atom. The van der Waals surface area contributed by atoms with Crippen LogP contribution in [-0.4, -0.2) is 14.3 Å². The van der Waals surface area contributed by atoms with Gasteiger partial charge in [-0.1, -0.05) is 17.8 Å². The smallest absolute Gasteiger partial charge is 0.307 e. The van der Waals surface area contributed by atoms with Crippen LogP contribution in [0.25, 0.3) is 0 Å². The van der Waals surface area contributed by atoms with E-state index in [2.05, 4.69) is 14.8 Å². The van der Waals surface area contributed by atoms with Gasteiger partial charge in [0, 0.05) is 0 Å². The number of nitrogens with two attached hydrogens (primary N) is 1. The average molecular weight is 269 g/mol. The molecule has 7 nitrogen and oxygen atoms in total. The van der Waals surface area contributed by atoms with Crippen molar-refractivity contribution in [1.29, 1.82) is 0 Å². The molecule has 0 unspecified atom stereocenters. The average Bonchev–Trinajstić information content (AvgIpc) is 2.81. The maximum absolute atomic E-state index is 11.0. The standard InChI is InChI=1S/C8H7N5O2S2/c9-12-5-2-1-3-6(7(5)13(14)15)16-8-10-4-11-17-8/h1-4,12H,9H2. The van der Waals surface area contributed by atoms with Gasteiger partial charge in [0.2, 0.25) is 0 Å². The van der Waals surface area contributed by atoms with Gasteiger partial charge >= 0.3 is 5.69 Å². The molecule has 0 aliphatic heterocycles. The molecule has 0 fully saturated rings.